The number of hydrogen-bond donors (Lipinski definition) is 2. The highest BCUT2D eigenvalue weighted by atomic mass is 16.5. The fraction of sp³-hybridized carbons (Fsp3) is 0.500. The molecule has 0 aromatic carbocycles. The van der Waals surface area contributed by atoms with Gasteiger partial charge in [0.2, 0.25) is 0 Å². The van der Waals surface area contributed by atoms with Gasteiger partial charge >= 0.3 is 11.9 Å². The fourth-order valence-corrected chi connectivity index (χ4v) is 0.107. The van der Waals surface area contributed by atoms with Gasteiger partial charge < -0.3 is 10.2 Å². The van der Waals surface area contributed by atoms with Crippen LogP contribution in [0, 0.1) is 0 Å². The van der Waals surface area contributed by atoms with Crippen molar-refractivity contribution in [2.45, 2.75) is 12.7 Å². The van der Waals surface area contributed by atoms with Crippen molar-refractivity contribution in [2.75, 3.05) is 0 Å². The lowest BCUT2D eigenvalue weighted by atomic mass is 10.4. The number of hydrogen-bond acceptors (Lipinski definition) is 2. The standard InChI is InChI=1S/C4H6O4/c5-3(6)1-2-4(7)8/h1-2H2,(H,5,6)(H,7,8)/i1D2,2D2,3+1. The normalized spacial score (nSPS) is 19.5. The van der Waals surface area contributed by atoms with E-state index in [0.717, 1.165) is 0 Å². The van der Waals surface area contributed by atoms with E-state index in [9.17, 15) is 9.59 Å². The highest BCUT2D eigenvalue weighted by Gasteiger charge is 2.00. The lowest BCUT2D eigenvalue weighted by Gasteiger charge is -1.85. The Morgan fingerprint density at radius 2 is 1.50 bits per heavy atom. The SMILES string of the molecule is [2H]C([2H])(C(=O)O)C([2H])([2H])[13C](=O)O. The number of carbonyl (C=O) groups is 2. The largest absolute Gasteiger partial charge is 0.481 e. The Morgan fingerprint density at radius 3 is 1.62 bits per heavy atom. The van der Waals surface area contributed by atoms with Crippen molar-refractivity contribution in [3.63, 3.8) is 0 Å². The second kappa shape index (κ2) is 3.01. The van der Waals surface area contributed by atoms with Crippen molar-refractivity contribution in [2.24, 2.45) is 0 Å². The van der Waals surface area contributed by atoms with Crippen LogP contribution in [0.1, 0.15) is 18.2 Å². The molecule has 0 aromatic heterocycles. The van der Waals surface area contributed by atoms with Crippen LogP contribution in [0.2, 0.25) is 0 Å². The summed E-state index contributed by atoms with van der Waals surface area (Å²) < 4.78 is 26.5. The van der Waals surface area contributed by atoms with Crippen LogP contribution in [0.5, 0.6) is 0 Å². The molecule has 0 aliphatic heterocycles. The van der Waals surface area contributed by atoms with Crippen molar-refractivity contribution in [3.05, 3.63) is 0 Å². The first-order chi connectivity index (χ1) is 5.14. The summed E-state index contributed by atoms with van der Waals surface area (Å²) in [5, 5.41) is 16.3. The Kier molecular flexibility index (Phi) is 0.932. The van der Waals surface area contributed by atoms with Crippen LogP contribution < -0.4 is 0 Å². The van der Waals surface area contributed by atoms with E-state index in [1.54, 1.807) is 0 Å². The van der Waals surface area contributed by atoms with Gasteiger partial charge in [-0.05, 0) is 0 Å². The maximum Gasteiger partial charge on any atom is 0.303 e. The van der Waals surface area contributed by atoms with E-state index in [4.69, 9.17) is 15.7 Å². The average molecular weight is 123 g/mol. The number of carboxylic acid groups (broad SMARTS) is 2. The minimum Gasteiger partial charge on any atom is -0.481 e. The summed E-state index contributed by atoms with van der Waals surface area (Å²) in [6, 6.07) is 0. The van der Waals surface area contributed by atoms with E-state index >= 15 is 0 Å². The zero-order valence-corrected chi connectivity index (χ0v) is 3.71. The zero-order chi connectivity index (χ0) is 10.2. The van der Waals surface area contributed by atoms with Crippen molar-refractivity contribution in [1.82, 2.24) is 0 Å². The highest BCUT2D eigenvalue weighted by molar-refractivity contribution is 5.75. The third kappa shape index (κ3) is 4.94. The molecule has 0 radical (unpaired) electrons. The Bertz CT molecular complexity index is 199. The van der Waals surface area contributed by atoms with E-state index in [2.05, 4.69) is 0 Å². The van der Waals surface area contributed by atoms with Crippen molar-refractivity contribution >= 4 is 11.9 Å². The Morgan fingerprint density at radius 1 is 1.25 bits per heavy atom. The summed E-state index contributed by atoms with van der Waals surface area (Å²) in [4.78, 5) is 20.2. The van der Waals surface area contributed by atoms with Crippen molar-refractivity contribution in [1.29, 1.82) is 0 Å². The molecule has 0 heterocycles. The molecule has 4 nitrogen and oxygen atoms in total. The summed E-state index contributed by atoms with van der Waals surface area (Å²) in [5.74, 6) is -4.29. The molecular formula is C4H6O4. The molecule has 0 atom stereocenters. The van der Waals surface area contributed by atoms with Gasteiger partial charge in [0.05, 0.1) is 12.7 Å². The molecule has 0 saturated heterocycles. The topological polar surface area (TPSA) is 74.6 Å². The number of aliphatic carboxylic acids is 2. The maximum atomic E-state index is 10.1. The van der Waals surface area contributed by atoms with Crippen molar-refractivity contribution < 1.29 is 25.3 Å². The van der Waals surface area contributed by atoms with Crippen molar-refractivity contribution in [3.8, 4) is 0 Å². The first-order valence-corrected chi connectivity index (χ1v) is 1.61. The van der Waals surface area contributed by atoms with Crippen LogP contribution in [0.4, 0.5) is 0 Å². The van der Waals surface area contributed by atoms with Gasteiger partial charge in [0.25, 0.3) is 0 Å². The molecule has 0 aromatic rings. The summed E-state index contributed by atoms with van der Waals surface area (Å²) >= 11 is 0. The first-order valence-electron chi connectivity index (χ1n) is 3.61. The lowest BCUT2D eigenvalue weighted by Crippen LogP contribution is -2.00. The molecule has 46 valence electrons. The molecule has 0 saturated carbocycles. The van der Waals surface area contributed by atoms with E-state index in [1.807, 2.05) is 0 Å². The van der Waals surface area contributed by atoms with Crippen LogP contribution in [-0.4, -0.2) is 22.2 Å². The highest BCUT2D eigenvalue weighted by Crippen LogP contribution is 1.85. The van der Waals surface area contributed by atoms with Gasteiger partial charge in [-0.3, -0.25) is 9.59 Å². The second-order valence-corrected chi connectivity index (χ2v) is 0.860. The van der Waals surface area contributed by atoms with E-state index < -0.39 is 24.7 Å². The molecule has 0 bridgehead atoms. The fourth-order valence-electron chi connectivity index (χ4n) is 0.107. The second-order valence-electron chi connectivity index (χ2n) is 0.860. The van der Waals surface area contributed by atoms with Gasteiger partial charge in [-0.2, -0.15) is 0 Å². The van der Waals surface area contributed by atoms with Gasteiger partial charge in [-0.15, -0.1) is 0 Å². The molecule has 0 fully saturated rings. The van der Waals surface area contributed by atoms with Gasteiger partial charge in [0.15, 0.2) is 0 Å². The molecule has 0 amide bonds. The molecule has 0 rings (SSSR count). The molecule has 2 N–H and O–H groups in total. The molecule has 8 heavy (non-hydrogen) atoms. The maximum absolute atomic E-state index is 10.1. The Hall–Kier alpha value is -1.06. The monoisotopic (exact) mass is 123 g/mol. The molecule has 0 aliphatic rings. The molecular weight excluding hydrogens is 113 g/mol. The molecule has 0 aliphatic carbocycles. The zero-order valence-electron chi connectivity index (χ0n) is 7.71. The quantitative estimate of drug-likeness (QED) is 0.515. The van der Waals surface area contributed by atoms with Crippen LogP contribution in [0.15, 0.2) is 0 Å². The molecule has 0 spiro atoms. The van der Waals surface area contributed by atoms with Crippen LogP contribution >= 0.6 is 0 Å². The van der Waals surface area contributed by atoms with E-state index in [-0.39, 0.29) is 0 Å². The minimum atomic E-state index is -3.43. The van der Waals surface area contributed by atoms with Crippen LogP contribution in [-0.2, 0) is 9.59 Å². The first kappa shape index (κ1) is 2.48. The van der Waals surface area contributed by atoms with Crippen LogP contribution in [0.3, 0.4) is 0 Å². The lowest BCUT2D eigenvalue weighted by molar-refractivity contribution is -0.143. The Balaban J connectivity index is 5.01. The number of carboxylic acids is 2. The predicted octanol–water partition coefficient (Wildman–Crippen LogP) is -0.0642. The number of rotatable bonds is 3. The summed E-state index contributed by atoms with van der Waals surface area (Å²) in [5.41, 5.74) is 0. The van der Waals surface area contributed by atoms with E-state index in [0.29, 0.717) is 0 Å². The smallest absolute Gasteiger partial charge is 0.303 e. The Labute approximate surface area is 51.4 Å². The summed E-state index contributed by atoms with van der Waals surface area (Å²) in [7, 11) is 0. The van der Waals surface area contributed by atoms with Gasteiger partial charge in [0.1, 0.15) is 0 Å². The van der Waals surface area contributed by atoms with Gasteiger partial charge in [0, 0.05) is 5.48 Å². The predicted molar refractivity (Wildman–Crippen MR) is 24.5 cm³/mol. The van der Waals surface area contributed by atoms with Gasteiger partial charge in [-0.25, -0.2) is 0 Å². The minimum absolute atomic E-state index is 2.14. The summed E-state index contributed by atoms with van der Waals surface area (Å²) in [6.07, 6.45) is -6.86. The molecule has 0 unspecified atom stereocenters. The van der Waals surface area contributed by atoms with Gasteiger partial charge in [-0.1, -0.05) is 0 Å². The third-order valence-corrected chi connectivity index (χ3v) is 0.276. The molecule has 4 heteroatoms. The van der Waals surface area contributed by atoms with E-state index in [1.165, 1.54) is 0 Å². The third-order valence-electron chi connectivity index (χ3n) is 0.276. The average Bonchev–Trinajstić information content (AvgIpc) is 1.86. The summed E-state index contributed by atoms with van der Waals surface area (Å²) in [6.45, 7) is 0. The van der Waals surface area contributed by atoms with Crippen LogP contribution in [0.25, 0.3) is 0 Å².